The molecular weight excluding hydrogens is 302 g/mol. The topological polar surface area (TPSA) is 93.5 Å². The number of halogens is 1. The number of carbonyl (C=O) groups excluding carboxylic acids is 2. The van der Waals surface area contributed by atoms with Gasteiger partial charge in [-0.3, -0.25) is 10.1 Å². The molecule has 0 aliphatic heterocycles. The predicted molar refractivity (Wildman–Crippen MR) is 71.2 cm³/mol. The highest BCUT2D eigenvalue weighted by Gasteiger charge is 2.17. The first kappa shape index (κ1) is 14.3. The van der Waals surface area contributed by atoms with E-state index in [2.05, 4.69) is 26.6 Å². The van der Waals surface area contributed by atoms with Gasteiger partial charge in [-0.25, -0.2) is 4.79 Å². The fourth-order valence-electron chi connectivity index (χ4n) is 1.19. The summed E-state index contributed by atoms with van der Waals surface area (Å²) < 4.78 is 6.13. The molecule has 0 aliphatic carbocycles. The SMILES string of the molecule is CNC(=O)NC(=O)C(C)Oc1cc(N)cc(Br)c1. The highest BCUT2D eigenvalue weighted by molar-refractivity contribution is 9.10. The van der Waals surface area contributed by atoms with Crippen LogP contribution >= 0.6 is 15.9 Å². The molecule has 0 radical (unpaired) electrons. The largest absolute Gasteiger partial charge is 0.481 e. The first-order chi connectivity index (χ1) is 8.42. The van der Waals surface area contributed by atoms with Gasteiger partial charge in [0.05, 0.1) is 0 Å². The summed E-state index contributed by atoms with van der Waals surface area (Å²) in [6.45, 7) is 1.54. The summed E-state index contributed by atoms with van der Waals surface area (Å²) in [6.07, 6.45) is -0.809. The minimum atomic E-state index is -0.809. The maximum atomic E-state index is 11.5. The van der Waals surface area contributed by atoms with Crippen molar-refractivity contribution in [2.24, 2.45) is 0 Å². The number of ether oxygens (including phenoxy) is 1. The van der Waals surface area contributed by atoms with Crippen molar-refractivity contribution >= 4 is 33.6 Å². The number of hydrogen-bond acceptors (Lipinski definition) is 4. The number of imide groups is 1. The van der Waals surface area contributed by atoms with Gasteiger partial charge in [0.25, 0.3) is 5.91 Å². The lowest BCUT2D eigenvalue weighted by molar-refractivity contribution is -0.126. The summed E-state index contributed by atoms with van der Waals surface area (Å²) in [5.41, 5.74) is 6.15. The van der Waals surface area contributed by atoms with Crippen LogP contribution in [0.15, 0.2) is 22.7 Å². The number of nitrogen functional groups attached to an aromatic ring is 1. The Balaban J connectivity index is 2.66. The second kappa shape index (κ2) is 6.25. The van der Waals surface area contributed by atoms with Gasteiger partial charge in [0, 0.05) is 23.3 Å². The second-order valence-corrected chi connectivity index (χ2v) is 4.46. The molecule has 1 unspecified atom stereocenters. The Morgan fingerprint density at radius 3 is 2.61 bits per heavy atom. The third kappa shape index (κ3) is 4.25. The molecule has 0 bridgehead atoms. The van der Waals surface area contributed by atoms with Crippen LogP contribution in [0.3, 0.4) is 0 Å². The van der Waals surface area contributed by atoms with Crippen molar-refractivity contribution in [3.8, 4) is 5.75 Å². The molecule has 6 nitrogen and oxygen atoms in total. The van der Waals surface area contributed by atoms with E-state index in [4.69, 9.17) is 10.5 Å². The van der Waals surface area contributed by atoms with Crippen LogP contribution < -0.4 is 21.1 Å². The van der Waals surface area contributed by atoms with E-state index >= 15 is 0 Å². The van der Waals surface area contributed by atoms with Crippen molar-refractivity contribution in [1.82, 2.24) is 10.6 Å². The minimum Gasteiger partial charge on any atom is -0.481 e. The number of rotatable bonds is 3. The first-order valence-corrected chi connectivity index (χ1v) is 5.97. The monoisotopic (exact) mass is 315 g/mol. The van der Waals surface area contributed by atoms with Gasteiger partial charge in [0.15, 0.2) is 6.10 Å². The zero-order chi connectivity index (χ0) is 13.7. The molecule has 1 atom stereocenters. The molecule has 0 fully saturated rings. The molecule has 7 heteroatoms. The average molecular weight is 316 g/mol. The number of amides is 3. The fraction of sp³-hybridized carbons (Fsp3) is 0.273. The Kier molecular flexibility index (Phi) is 4.96. The van der Waals surface area contributed by atoms with Crippen molar-refractivity contribution in [2.75, 3.05) is 12.8 Å². The molecule has 1 aromatic carbocycles. The van der Waals surface area contributed by atoms with E-state index in [0.717, 1.165) is 4.47 Å². The normalized spacial score (nSPS) is 11.5. The van der Waals surface area contributed by atoms with Crippen LogP contribution in [0.5, 0.6) is 5.75 Å². The molecule has 18 heavy (non-hydrogen) atoms. The van der Waals surface area contributed by atoms with Crippen LogP contribution in [-0.2, 0) is 4.79 Å². The lowest BCUT2D eigenvalue weighted by Gasteiger charge is -2.14. The van der Waals surface area contributed by atoms with E-state index in [1.54, 1.807) is 18.2 Å². The van der Waals surface area contributed by atoms with Crippen LogP contribution in [0.4, 0.5) is 10.5 Å². The van der Waals surface area contributed by atoms with Gasteiger partial charge in [0.1, 0.15) is 5.75 Å². The summed E-state index contributed by atoms with van der Waals surface area (Å²) in [5.74, 6) is -0.0886. The first-order valence-electron chi connectivity index (χ1n) is 5.17. The molecule has 0 spiro atoms. The zero-order valence-electron chi connectivity index (χ0n) is 9.99. The van der Waals surface area contributed by atoms with Crippen molar-refractivity contribution in [3.63, 3.8) is 0 Å². The fourth-order valence-corrected chi connectivity index (χ4v) is 1.68. The maximum Gasteiger partial charge on any atom is 0.321 e. The van der Waals surface area contributed by atoms with E-state index in [1.807, 2.05) is 0 Å². The zero-order valence-corrected chi connectivity index (χ0v) is 11.6. The lowest BCUT2D eigenvalue weighted by atomic mass is 10.3. The number of nitrogens with two attached hydrogens (primary N) is 1. The van der Waals surface area contributed by atoms with Gasteiger partial charge in [0.2, 0.25) is 0 Å². The molecule has 1 rings (SSSR count). The Hall–Kier alpha value is -1.76. The van der Waals surface area contributed by atoms with E-state index in [-0.39, 0.29) is 0 Å². The number of anilines is 1. The minimum absolute atomic E-state index is 0.446. The summed E-state index contributed by atoms with van der Waals surface area (Å²) in [6, 6.07) is 4.40. The van der Waals surface area contributed by atoms with Gasteiger partial charge in [-0.2, -0.15) is 0 Å². The van der Waals surface area contributed by atoms with E-state index < -0.39 is 18.0 Å². The van der Waals surface area contributed by atoms with Gasteiger partial charge in [-0.1, -0.05) is 15.9 Å². The molecule has 1 aromatic rings. The molecular formula is C11H14BrN3O3. The molecule has 4 N–H and O–H groups in total. The van der Waals surface area contributed by atoms with E-state index in [0.29, 0.717) is 11.4 Å². The Bertz CT molecular complexity index is 445. The van der Waals surface area contributed by atoms with Crippen LogP contribution in [-0.4, -0.2) is 25.1 Å². The second-order valence-electron chi connectivity index (χ2n) is 3.55. The van der Waals surface area contributed by atoms with E-state index in [9.17, 15) is 9.59 Å². The summed E-state index contributed by atoms with van der Waals surface area (Å²) in [4.78, 5) is 22.5. The number of urea groups is 1. The highest BCUT2D eigenvalue weighted by Crippen LogP contribution is 2.23. The van der Waals surface area contributed by atoms with Crippen molar-refractivity contribution in [3.05, 3.63) is 22.7 Å². The number of carbonyl (C=O) groups is 2. The van der Waals surface area contributed by atoms with Crippen LogP contribution in [0.25, 0.3) is 0 Å². The van der Waals surface area contributed by atoms with Gasteiger partial charge < -0.3 is 15.8 Å². The molecule has 0 saturated carbocycles. The molecule has 0 aliphatic rings. The van der Waals surface area contributed by atoms with Crippen LogP contribution in [0.2, 0.25) is 0 Å². The van der Waals surface area contributed by atoms with Crippen molar-refractivity contribution < 1.29 is 14.3 Å². The van der Waals surface area contributed by atoms with Crippen LogP contribution in [0.1, 0.15) is 6.92 Å². The van der Waals surface area contributed by atoms with Crippen LogP contribution in [0, 0.1) is 0 Å². The molecule has 98 valence electrons. The standard InChI is InChI=1S/C11H14BrN3O3/c1-6(10(16)15-11(17)14-2)18-9-4-7(12)3-8(13)5-9/h3-6H,13H2,1-2H3,(H2,14,15,16,17). The predicted octanol–water partition coefficient (Wildman–Crippen LogP) is 1.25. The number of hydrogen-bond donors (Lipinski definition) is 3. The van der Waals surface area contributed by atoms with Crippen molar-refractivity contribution in [1.29, 1.82) is 0 Å². The lowest BCUT2D eigenvalue weighted by Crippen LogP contribution is -2.43. The van der Waals surface area contributed by atoms with Crippen molar-refractivity contribution in [2.45, 2.75) is 13.0 Å². The number of benzene rings is 1. The Labute approximate surface area is 113 Å². The molecule has 0 saturated heterocycles. The third-order valence-corrected chi connectivity index (χ3v) is 2.50. The summed E-state index contributed by atoms with van der Waals surface area (Å²) >= 11 is 3.27. The molecule has 3 amide bonds. The van der Waals surface area contributed by atoms with Gasteiger partial charge >= 0.3 is 6.03 Å². The van der Waals surface area contributed by atoms with E-state index in [1.165, 1.54) is 14.0 Å². The maximum absolute atomic E-state index is 11.5. The Morgan fingerprint density at radius 2 is 2.06 bits per heavy atom. The summed E-state index contributed by atoms with van der Waals surface area (Å²) in [5, 5.41) is 4.40. The third-order valence-electron chi connectivity index (χ3n) is 2.04. The average Bonchev–Trinajstić information content (AvgIpc) is 2.27. The quantitative estimate of drug-likeness (QED) is 0.732. The van der Waals surface area contributed by atoms with Gasteiger partial charge in [-0.05, 0) is 19.1 Å². The van der Waals surface area contributed by atoms with Gasteiger partial charge in [-0.15, -0.1) is 0 Å². The highest BCUT2D eigenvalue weighted by atomic mass is 79.9. The number of nitrogens with one attached hydrogen (secondary N) is 2. The smallest absolute Gasteiger partial charge is 0.321 e. The molecule has 0 heterocycles. The summed E-state index contributed by atoms with van der Waals surface area (Å²) in [7, 11) is 1.42. The molecule has 0 aromatic heterocycles. The Morgan fingerprint density at radius 1 is 1.39 bits per heavy atom.